The molecule has 2 aromatic heterocycles. The van der Waals surface area contributed by atoms with Gasteiger partial charge in [-0.15, -0.1) is 10.2 Å². The Morgan fingerprint density at radius 2 is 1.96 bits per heavy atom. The van der Waals surface area contributed by atoms with E-state index in [1.165, 1.54) is 17.3 Å². The molecule has 0 saturated heterocycles. The number of benzene rings is 1. The van der Waals surface area contributed by atoms with E-state index in [2.05, 4.69) is 15.3 Å². The minimum atomic E-state index is -0.941. The van der Waals surface area contributed by atoms with Gasteiger partial charge in [0, 0.05) is 22.6 Å². The largest absolute Gasteiger partial charge is 0.478 e. The fraction of sp³-hybridized carbons (Fsp3) is 0.125. The standard InChI is InChI=1S/C16H15N5O2/c1-11-6-14(8-19-20-9-17-18-10-20)12(2)21(11)15-5-3-4-13(7-15)16(22)23/h3-10H,1-2H3,(H,22,23)/b19-8-. The van der Waals surface area contributed by atoms with E-state index < -0.39 is 5.97 Å². The first kappa shape index (κ1) is 14.7. The molecule has 0 aliphatic carbocycles. The van der Waals surface area contributed by atoms with Gasteiger partial charge in [-0.1, -0.05) is 6.07 Å². The highest BCUT2D eigenvalue weighted by Gasteiger charge is 2.11. The number of hydrogen-bond acceptors (Lipinski definition) is 4. The second kappa shape index (κ2) is 5.88. The Morgan fingerprint density at radius 1 is 1.22 bits per heavy atom. The van der Waals surface area contributed by atoms with Gasteiger partial charge in [0.1, 0.15) is 12.7 Å². The molecule has 0 unspecified atom stereocenters. The summed E-state index contributed by atoms with van der Waals surface area (Å²) < 4.78 is 3.51. The van der Waals surface area contributed by atoms with Crippen LogP contribution >= 0.6 is 0 Å². The Labute approximate surface area is 132 Å². The summed E-state index contributed by atoms with van der Waals surface area (Å²) in [6.45, 7) is 3.94. The average Bonchev–Trinajstić information content (AvgIpc) is 3.13. The Morgan fingerprint density at radius 3 is 2.65 bits per heavy atom. The van der Waals surface area contributed by atoms with Crippen LogP contribution in [-0.2, 0) is 0 Å². The van der Waals surface area contributed by atoms with Gasteiger partial charge >= 0.3 is 5.97 Å². The van der Waals surface area contributed by atoms with Gasteiger partial charge in [-0.05, 0) is 38.1 Å². The van der Waals surface area contributed by atoms with Crippen LogP contribution in [0, 0.1) is 13.8 Å². The summed E-state index contributed by atoms with van der Waals surface area (Å²) in [5.74, 6) is -0.941. The lowest BCUT2D eigenvalue weighted by Gasteiger charge is -2.10. The van der Waals surface area contributed by atoms with E-state index in [1.54, 1.807) is 24.4 Å². The number of aromatic carboxylic acids is 1. The molecule has 1 aromatic carbocycles. The van der Waals surface area contributed by atoms with Crippen LogP contribution in [0.5, 0.6) is 0 Å². The summed E-state index contributed by atoms with van der Waals surface area (Å²) in [4.78, 5) is 11.1. The first-order valence-electron chi connectivity index (χ1n) is 6.98. The molecule has 0 radical (unpaired) electrons. The van der Waals surface area contributed by atoms with E-state index in [4.69, 9.17) is 5.11 Å². The SMILES string of the molecule is Cc1cc(/C=N\n2cnnc2)c(C)n1-c1cccc(C(=O)O)c1. The summed E-state index contributed by atoms with van der Waals surface area (Å²) in [6, 6.07) is 8.85. The first-order valence-corrected chi connectivity index (χ1v) is 6.98. The molecule has 3 aromatic rings. The van der Waals surface area contributed by atoms with Gasteiger partial charge in [0.15, 0.2) is 0 Å². The van der Waals surface area contributed by atoms with Crippen molar-refractivity contribution in [3.63, 3.8) is 0 Å². The van der Waals surface area contributed by atoms with E-state index in [-0.39, 0.29) is 5.56 Å². The van der Waals surface area contributed by atoms with Crippen LogP contribution in [-0.4, -0.2) is 36.7 Å². The molecule has 0 atom stereocenters. The van der Waals surface area contributed by atoms with Gasteiger partial charge in [-0.25, -0.2) is 9.47 Å². The molecule has 116 valence electrons. The summed E-state index contributed by atoms with van der Waals surface area (Å²) in [7, 11) is 0. The molecule has 2 heterocycles. The van der Waals surface area contributed by atoms with E-state index in [9.17, 15) is 4.79 Å². The van der Waals surface area contributed by atoms with E-state index in [1.807, 2.05) is 30.5 Å². The van der Waals surface area contributed by atoms with Gasteiger partial charge in [0.2, 0.25) is 0 Å². The number of hydrogen-bond donors (Lipinski definition) is 1. The minimum Gasteiger partial charge on any atom is -0.478 e. The summed E-state index contributed by atoms with van der Waals surface area (Å²) in [5.41, 5.74) is 3.98. The second-order valence-electron chi connectivity index (χ2n) is 5.10. The maximum absolute atomic E-state index is 11.1. The van der Waals surface area contributed by atoms with Gasteiger partial charge < -0.3 is 9.67 Å². The quantitative estimate of drug-likeness (QED) is 0.749. The number of rotatable bonds is 4. The van der Waals surface area contributed by atoms with E-state index in [0.29, 0.717) is 0 Å². The highest BCUT2D eigenvalue weighted by Crippen LogP contribution is 2.20. The van der Waals surface area contributed by atoms with Crippen molar-refractivity contribution in [1.29, 1.82) is 0 Å². The summed E-state index contributed by atoms with van der Waals surface area (Å²) in [5, 5.41) is 20.8. The normalized spacial score (nSPS) is 11.2. The third-order valence-electron chi connectivity index (χ3n) is 3.56. The van der Waals surface area contributed by atoms with Crippen molar-refractivity contribution in [2.24, 2.45) is 5.10 Å². The fourth-order valence-electron chi connectivity index (χ4n) is 2.48. The predicted molar refractivity (Wildman–Crippen MR) is 85.2 cm³/mol. The lowest BCUT2D eigenvalue weighted by molar-refractivity contribution is 0.0697. The van der Waals surface area contributed by atoms with Crippen LogP contribution in [0.1, 0.15) is 27.3 Å². The number of aromatic nitrogens is 4. The molecule has 0 spiro atoms. The van der Waals surface area contributed by atoms with Crippen molar-refractivity contribution in [3.8, 4) is 5.69 Å². The van der Waals surface area contributed by atoms with Crippen LogP contribution in [0.25, 0.3) is 5.69 Å². The van der Waals surface area contributed by atoms with Crippen LogP contribution in [0.3, 0.4) is 0 Å². The van der Waals surface area contributed by atoms with E-state index >= 15 is 0 Å². The lowest BCUT2D eigenvalue weighted by atomic mass is 10.2. The predicted octanol–water partition coefficient (Wildman–Crippen LogP) is 2.27. The molecule has 7 nitrogen and oxygen atoms in total. The van der Waals surface area contributed by atoms with Crippen molar-refractivity contribution < 1.29 is 9.90 Å². The molecule has 0 bridgehead atoms. The van der Waals surface area contributed by atoms with Crippen LogP contribution in [0.15, 0.2) is 48.1 Å². The number of carboxylic acid groups (broad SMARTS) is 1. The molecule has 23 heavy (non-hydrogen) atoms. The van der Waals surface area contributed by atoms with Crippen molar-refractivity contribution in [2.75, 3.05) is 0 Å². The smallest absolute Gasteiger partial charge is 0.335 e. The molecule has 0 aliphatic rings. The Hall–Kier alpha value is -3.22. The Kier molecular flexibility index (Phi) is 3.76. The number of aryl methyl sites for hydroxylation is 1. The van der Waals surface area contributed by atoms with Crippen molar-refractivity contribution >= 4 is 12.2 Å². The van der Waals surface area contributed by atoms with Gasteiger partial charge in [0.05, 0.1) is 11.8 Å². The minimum absolute atomic E-state index is 0.259. The van der Waals surface area contributed by atoms with Crippen LogP contribution in [0.4, 0.5) is 0 Å². The molecule has 7 heteroatoms. The third kappa shape index (κ3) is 2.89. The van der Waals surface area contributed by atoms with Gasteiger partial charge in [0.25, 0.3) is 0 Å². The molecule has 0 aliphatic heterocycles. The van der Waals surface area contributed by atoms with E-state index in [0.717, 1.165) is 22.6 Å². The topological polar surface area (TPSA) is 85.3 Å². The van der Waals surface area contributed by atoms with Gasteiger partial charge in [-0.3, -0.25) is 0 Å². The molecule has 0 amide bonds. The molecule has 0 fully saturated rings. The monoisotopic (exact) mass is 309 g/mol. The van der Waals surface area contributed by atoms with Crippen LogP contribution in [0.2, 0.25) is 0 Å². The first-order chi connectivity index (χ1) is 11.1. The van der Waals surface area contributed by atoms with Crippen LogP contribution < -0.4 is 0 Å². The van der Waals surface area contributed by atoms with Crippen molar-refractivity contribution in [3.05, 3.63) is 65.5 Å². The Balaban J connectivity index is 2.01. The molecule has 0 saturated carbocycles. The molecular weight excluding hydrogens is 294 g/mol. The number of nitrogens with zero attached hydrogens (tertiary/aromatic N) is 5. The molecule has 3 rings (SSSR count). The van der Waals surface area contributed by atoms with Gasteiger partial charge in [-0.2, -0.15) is 5.10 Å². The fourth-order valence-corrected chi connectivity index (χ4v) is 2.48. The highest BCUT2D eigenvalue weighted by molar-refractivity contribution is 5.88. The maximum atomic E-state index is 11.1. The second-order valence-corrected chi connectivity index (χ2v) is 5.10. The zero-order chi connectivity index (χ0) is 16.4. The highest BCUT2D eigenvalue weighted by atomic mass is 16.4. The summed E-state index contributed by atoms with van der Waals surface area (Å²) >= 11 is 0. The lowest BCUT2D eigenvalue weighted by Crippen LogP contribution is -2.03. The third-order valence-corrected chi connectivity index (χ3v) is 3.56. The average molecular weight is 309 g/mol. The molecular formula is C16H15N5O2. The zero-order valence-electron chi connectivity index (χ0n) is 12.7. The number of carboxylic acids is 1. The van der Waals surface area contributed by atoms with Crippen molar-refractivity contribution in [1.82, 2.24) is 19.4 Å². The Bertz CT molecular complexity index is 878. The zero-order valence-corrected chi connectivity index (χ0v) is 12.7. The number of carbonyl (C=O) groups is 1. The molecule has 1 N–H and O–H groups in total. The summed E-state index contributed by atoms with van der Waals surface area (Å²) in [6.07, 6.45) is 4.74. The van der Waals surface area contributed by atoms with Crippen molar-refractivity contribution in [2.45, 2.75) is 13.8 Å². The maximum Gasteiger partial charge on any atom is 0.335 e.